The van der Waals surface area contributed by atoms with Crippen LogP contribution in [0.2, 0.25) is 0 Å². The molecular formula is C13H18F2N2O3. The summed E-state index contributed by atoms with van der Waals surface area (Å²) >= 11 is 0. The smallest absolute Gasteiger partial charge is 0.314 e. The second kappa shape index (κ2) is 8.44. The van der Waals surface area contributed by atoms with Gasteiger partial charge in [-0.1, -0.05) is 0 Å². The molecule has 1 unspecified atom stereocenters. The van der Waals surface area contributed by atoms with Crippen molar-refractivity contribution in [3.05, 3.63) is 35.4 Å². The first-order valence-electron chi connectivity index (χ1n) is 6.15. The van der Waals surface area contributed by atoms with E-state index < -0.39 is 23.8 Å². The number of hydrogen-bond donors (Lipinski definition) is 3. The Kier molecular flexibility index (Phi) is 6.89. The van der Waals surface area contributed by atoms with E-state index >= 15 is 0 Å². The standard InChI is InChI=1S/C13H18F2N2O3/c1-20-8-11(18)7-17-13(19)16-5-4-9-6-10(14)2-3-12(9)15/h2-3,6,11,18H,4-5,7-8H2,1H3,(H2,16,17,19). The minimum Gasteiger partial charge on any atom is -0.389 e. The van der Waals surface area contributed by atoms with Crippen LogP contribution in [0, 0.1) is 11.6 Å². The molecule has 0 spiro atoms. The first kappa shape index (κ1) is 16.3. The third-order valence-electron chi connectivity index (χ3n) is 2.54. The highest BCUT2D eigenvalue weighted by atomic mass is 19.1. The van der Waals surface area contributed by atoms with Gasteiger partial charge in [-0.25, -0.2) is 13.6 Å². The lowest BCUT2D eigenvalue weighted by Gasteiger charge is -2.11. The molecule has 0 fully saturated rings. The molecule has 0 saturated heterocycles. The van der Waals surface area contributed by atoms with Crippen molar-refractivity contribution in [2.75, 3.05) is 26.8 Å². The quantitative estimate of drug-likeness (QED) is 0.695. The van der Waals surface area contributed by atoms with Crippen molar-refractivity contribution < 1.29 is 23.4 Å². The predicted octanol–water partition coefficient (Wildman–Crippen LogP) is 0.814. The van der Waals surface area contributed by atoms with E-state index in [0.29, 0.717) is 0 Å². The van der Waals surface area contributed by atoms with Gasteiger partial charge in [0.2, 0.25) is 0 Å². The van der Waals surface area contributed by atoms with Crippen LogP contribution in [0.3, 0.4) is 0 Å². The van der Waals surface area contributed by atoms with Crippen molar-refractivity contribution in [2.24, 2.45) is 0 Å². The molecule has 5 nitrogen and oxygen atoms in total. The number of halogens is 2. The van der Waals surface area contributed by atoms with E-state index in [4.69, 9.17) is 4.74 Å². The van der Waals surface area contributed by atoms with Gasteiger partial charge < -0.3 is 20.5 Å². The molecule has 1 aromatic carbocycles. The summed E-state index contributed by atoms with van der Waals surface area (Å²) in [5, 5.41) is 14.2. The van der Waals surface area contributed by atoms with Crippen LogP contribution in [-0.2, 0) is 11.2 Å². The zero-order chi connectivity index (χ0) is 15.0. The Hall–Kier alpha value is -1.73. The van der Waals surface area contributed by atoms with Gasteiger partial charge in [-0.3, -0.25) is 0 Å². The topological polar surface area (TPSA) is 70.6 Å². The first-order chi connectivity index (χ1) is 9.52. The van der Waals surface area contributed by atoms with Crippen molar-refractivity contribution in [1.82, 2.24) is 10.6 Å². The molecule has 1 aromatic rings. The molecule has 1 atom stereocenters. The van der Waals surface area contributed by atoms with Crippen LogP contribution in [0.5, 0.6) is 0 Å². The number of urea groups is 1. The van der Waals surface area contributed by atoms with Gasteiger partial charge in [0.05, 0.1) is 12.7 Å². The van der Waals surface area contributed by atoms with Crippen molar-refractivity contribution in [1.29, 1.82) is 0 Å². The fraction of sp³-hybridized carbons (Fsp3) is 0.462. The average molecular weight is 288 g/mol. The molecule has 0 aliphatic heterocycles. The molecule has 0 bridgehead atoms. The molecule has 0 aliphatic carbocycles. The third-order valence-corrected chi connectivity index (χ3v) is 2.54. The maximum Gasteiger partial charge on any atom is 0.314 e. The highest BCUT2D eigenvalue weighted by Gasteiger charge is 2.07. The van der Waals surface area contributed by atoms with Crippen LogP contribution >= 0.6 is 0 Å². The van der Waals surface area contributed by atoms with E-state index in [0.717, 1.165) is 18.2 Å². The van der Waals surface area contributed by atoms with Crippen LogP contribution in [0.4, 0.5) is 13.6 Å². The second-order valence-corrected chi connectivity index (χ2v) is 4.23. The number of hydrogen-bond acceptors (Lipinski definition) is 3. The predicted molar refractivity (Wildman–Crippen MR) is 69.3 cm³/mol. The lowest BCUT2D eigenvalue weighted by molar-refractivity contribution is 0.0660. The van der Waals surface area contributed by atoms with E-state index in [9.17, 15) is 18.7 Å². The van der Waals surface area contributed by atoms with Crippen LogP contribution in [0.25, 0.3) is 0 Å². The third kappa shape index (κ3) is 5.94. The number of ether oxygens (including phenoxy) is 1. The summed E-state index contributed by atoms with van der Waals surface area (Å²) in [4.78, 5) is 11.4. The summed E-state index contributed by atoms with van der Waals surface area (Å²) in [6.45, 7) is 0.329. The van der Waals surface area contributed by atoms with Gasteiger partial charge in [0.15, 0.2) is 0 Å². The van der Waals surface area contributed by atoms with Crippen molar-refractivity contribution in [2.45, 2.75) is 12.5 Å². The lowest BCUT2D eigenvalue weighted by Crippen LogP contribution is -2.41. The summed E-state index contributed by atoms with van der Waals surface area (Å²) in [7, 11) is 1.44. The van der Waals surface area contributed by atoms with Crippen molar-refractivity contribution in [3.8, 4) is 0 Å². The van der Waals surface area contributed by atoms with Crippen molar-refractivity contribution >= 4 is 6.03 Å². The number of nitrogens with one attached hydrogen (secondary N) is 2. The minimum atomic E-state index is -0.786. The summed E-state index contributed by atoms with van der Waals surface area (Å²) in [5.74, 6) is -1.03. The summed E-state index contributed by atoms with van der Waals surface area (Å²) in [6, 6.07) is 2.69. The van der Waals surface area contributed by atoms with Gasteiger partial charge >= 0.3 is 6.03 Å². The number of benzene rings is 1. The Balaban J connectivity index is 2.26. The maximum atomic E-state index is 13.3. The van der Waals surface area contributed by atoms with E-state index in [2.05, 4.69) is 10.6 Å². The zero-order valence-corrected chi connectivity index (χ0v) is 11.2. The van der Waals surface area contributed by atoms with Crippen molar-refractivity contribution in [3.63, 3.8) is 0 Å². The molecule has 0 aliphatic rings. The fourth-order valence-corrected chi connectivity index (χ4v) is 1.57. The number of carbonyl (C=O) groups is 1. The van der Waals surface area contributed by atoms with E-state index in [1.807, 2.05) is 0 Å². The fourth-order valence-electron chi connectivity index (χ4n) is 1.57. The average Bonchev–Trinajstić information content (AvgIpc) is 2.41. The number of aliphatic hydroxyl groups is 1. The Labute approximate surface area is 115 Å². The first-order valence-corrected chi connectivity index (χ1v) is 6.15. The van der Waals surface area contributed by atoms with Crippen LogP contribution < -0.4 is 10.6 Å². The minimum absolute atomic E-state index is 0.0496. The van der Waals surface area contributed by atoms with Gasteiger partial charge in [0, 0.05) is 20.2 Å². The summed E-state index contributed by atoms with van der Waals surface area (Å²) in [5.41, 5.74) is 0.199. The molecule has 1 rings (SSSR count). The monoisotopic (exact) mass is 288 g/mol. The Morgan fingerprint density at radius 2 is 2.15 bits per heavy atom. The van der Waals surface area contributed by atoms with Crippen LogP contribution in [0.15, 0.2) is 18.2 Å². The Morgan fingerprint density at radius 3 is 2.85 bits per heavy atom. The van der Waals surface area contributed by atoms with E-state index in [-0.39, 0.29) is 31.7 Å². The molecule has 0 heterocycles. The Bertz CT molecular complexity index is 444. The molecule has 20 heavy (non-hydrogen) atoms. The van der Waals surface area contributed by atoms with Crippen LogP contribution in [0.1, 0.15) is 5.56 Å². The van der Waals surface area contributed by atoms with Gasteiger partial charge in [-0.15, -0.1) is 0 Å². The molecule has 3 N–H and O–H groups in total. The molecule has 0 saturated carbocycles. The van der Waals surface area contributed by atoms with Gasteiger partial charge in [-0.2, -0.15) is 0 Å². The SMILES string of the molecule is COCC(O)CNC(=O)NCCc1cc(F)ccc1F. The lowest BCUT2D eigenvalue weighted by atomic mass is 10.1. The number of amides is 2. The summed E-state index contributed by atoms with van der Waals surface area (Å²) in [6.07, 6.45) is -0.608. The normalized spacial score (nSPS) is 12.0. The largest absolute Gasteiger partial charge is 0.389 e. The molecule has 7 heteroatoms. The number of carbonyl (C=O) groups excluding carboxylic acids is 1. The second-order valence-electron chi connectivity index (χ2n) is 4.23. The number of aliphatic hydroxyl groups excluding tert-OH is 1. The molecule has 0 aromatic heterocycles. The van der Waals surface area contributed by atoms with E-state index in [1.165, 1.54) is 7.11 Å². The van der Waals surface area contributed by atoms with Gasteiger partial charge in [-0.05, 0) is 30.2 Å². The number of methoxy groups -OCH3 is 1. The molecule has 2 amide bonds. The van der Waals surface area contributed by atoms with Gasteiger partial charge in [0.25, 0.3) is 0 Å². The zero-order valence-electron chi connectivity index (χ0n) is 11.2. The Morgan fingerprint density at radius 1 is 1.40 bits per heavy atom. The van der Waals surface area contributed by atoms with Gasteiger partial charge in [0.1, 0.15) is 11.6 Å². The van der Waals surface area contributed by atoms with Crippen LogP contribution in [-0.4, -0.2) is 44.0 Å². The highest BCUT2D eigenvalue weighted by molar-refractivity contribution is 5.73. The summed E-state index contributed by atoms with van der Waals surface area (Å²) < 4.78 is 30.9. The molecule has 0 radical (unpaired) electrons. The highest BCUT2D eigenvalue weighted by Crippen LogP contribution is 2.09. The van der Waals surface area contributed by atoms with E-state index in [1.54, 1.807) is 0 Å². The maximum absolute atomic E-state index is 13.3. The molecule has 112 valence electrons. The number of rotatable bonds is 7. The molecular weight excluding hydrogens is 270 g/mol.